The SMILES string of the molecule is O=C(Nc1ccc(F)cc1)c1cc(Br)ccc1OCC(O)CNCC12CC3CC(CC(C3)C1)C2. The Bertz CT molecular complexity index is 994. The Morgan fingerprint density at radius 2 is 1.74 bits per heavy atom. The van der Waals surface area contributed by atoms with Crippen molar-refractivity contribution in [2.45, 2.75) is 44.6 Å². The first kappa shape index (κ1) is 23.8. The van der Waals surface area contributed by atoms with Crippen LogP contribution in [0.5, 0.6) is 5.75 Å². The lowest BCUT2D eigenvalue weighted by Gasteiger charge is -2.57. The van der Waals surface area contributed by atoms with Gasteiger partial charge in [0.05, 0.1) is 5.56 Å². The second kappa shape index (κ2) is 9.96. The van der Waals surface area contributed by atoms with E-state index in [4.69, 9.17) is 4.74 Å². The smallest absolute Gasteiger partial charge is 0.259 e. The highest BCUT2D eigenvalue weighted by atomic mass is 79.9. The lowest BCUT2D eigenvalue weighted by Crippen LogP contribution is -2.51. The minimum absolute atomic E-state index is 0.0896. The van der Waals surface area contributed by atoms with Crippen molar-refractivity contribution in [3.8, 4) is 5.75 Å². The predicted molar refractivity (Wildman–Crippen MR) is 133 cm³/mol. The molecule has 4 saturated carbocycles. The summed E-state index contributed by atoms with van der Waals surface area (Å²) in [5.74, 6) is 2.41. The van der Waals surface area contributed by atoms with Crippen molar-refractivity contribution in [1.29, 1.82) is 0 Å². The molecule has 2 aromatic rings. The average molecular weight is 531 g/mol. The summed E-state index contributed by atoms with van der Waals surface area (Å²) in [7, 11) is 0. The molecule has 0 spiro atoms. The Labute approximate surface area is 208 Å². The highest BCUT2D eigenvalue weighted by Crippen LogP contribution is 2.59. The lowest BCUT2D eigenvalue weighted by atomic mass is 9.49. The number of aliphatic hydroxyl groups is 1. The first-order valence-electron chi connectivity index (χ1n) is 12.3. The Morgan fingerprint density at radius 1 is 1.09 bits per heavy atom. The van der Waals surface area contributed by atoms with Gasteiger partial charge in [0, 0.05) is 23.2 Å². The second-order valence-corrected chi connectivity index (χ2v) is 11.5. The quantitative estimate of drug-likeness (QED) is 0.406. The van der Waals surface area contributed by atoms with Crippen molar-refractivity contribution >= 4 is 27.5 Å². The van der Waals surface area contributed by atoms with Gasteiger partial charge in [-0.2, -0.15) is 0 Å². The molecule has 4 fully saturated rings. The molecule has 6 rings (SSSR count). The van der Waals surface area contributed by atoms with Gasteiger partial charge >= 0.3 is 0 Å². The van der Waals surface area contributed by atoms with Gasteiger partial charge in [0.2, 0.25) is 0 Å². The normalized spacial score (nSPS) is 28.0. The fourth-order valence-electron chi connectivity index (χ4n) is 6.79. The maximum Gasteiger partial charge on any atom is 0.259 e. The van der Waals surface area contributed by atoms with Gasteiger partial charge in [-0.3, -0.25) is 4.79 Å². The van der Waals surface area contributed by atoms with Crippen LogP contribution in [0.15, 0.2) is 46.9 Å². The Morgan fingerprint density at radius 3 is 2.38 bits per heavy atom. The van der Waals surface area contributed by atoms with Crippen molar-refractivity contribution in [2.75, 3.05) is 25.0 Å². The molecular weight excluding hydrogens is 499 g/mol. The average Bonchev–Trinajstić information content (AvgIpc) is 2.78. The zero-order valence-electron chi connectivity index (χ0n) is 19.2. The molecule has 4 bridgehead atoms. The van der Waals surface area contributed by atoms with Crippen LogP contribution < -0.4 is 15.4 Å². The summed E-state index contributed by atoms with van der Waals surface area (Å²) in [6.45, 7) is 1.53. The summed E-state index contributed by atoms with van der Waals surface area (Å²) >= 11 is 3.40. The molecule has 1 atom stereocenters. The van der Waals surface area contributed by atoms with Crippen molar-refractivity contribution in [3.63, 3.8) is 0 Å². The van der Waals surface area contributed by atoms with E-state index in [1.165, 1.54) is 62.8 Å². The third-order valence-electron chi connectivity index (χ3n) is 7.76. The minimum atomic E-state index is -0.675. The summed E-state index contributed by atoms with van der Waals surface area (Å²) in [4.78, 5) is 12.8. The van der Waals surface area contributed by atoms with E-state index in [1.54, 1.807) is 18.2 Å². The molecule has 182 valence electrons. The van der Waals surface area contributed by atoms with Crippen molar-refractivity contribution in [2.24, 2.45) is 23.2 Å². The Kier molecular flexibility index (Phi) is 6.96. The van der Waals surface area contributed by atoms with Crippen LogP contribution in [-0.4, -0.2) is 36.8 Å². The van der Waals surface area contributed by atoms with Crippen molar-refractivity contribution in [3.05, 3.63) is 58.3 Å². The number of hydrogen-bond donors (Lipinski definition) is 3. The fraction of sp³-hybridized carbons (Fsp3) is 0.519. The van der Waals surface area contributed by atoms with Gasteiger partial charge in [0.1, 0.15) is 24.3 Å². The van der Waals surface area contributed by atoms with E-state index in [9.17, 15) is 14.3 Å². The van der Waals surface area contributed by atoms with Crippen LogP contribution in [0.25, 0.3) is 0 Å². The zero-order valence-corrected chi connectivity index (χ0v) is 20.8. The largest absolute Gasteiger partial charge is 0.490 e. The second-order valence-electron chi connectivity index (χ2n) is 10.6. The third kappa shape index (κ3) is 5.47. The van der Waals surface area contributed by atoms with E-state index in [0.29, 0.717) is 29.0 Å². The topological polar surface area (TPSA) is 70.6 Å². The fourth-order valence-corrected chi connectivity index (χ4v) is 7.15. The Balaban J connectivity index is 1.13. The number of benzene rings is 2. The number of anilines is 1. The molecule has 7 heteroatoms. The van der Waals surface area contributed by atoms with E-state index in [2.05, 4.69) is 26.6 Å². The van der Waals surface area contributed by atoms with Crippen LogP contribution in [-0.2, 0) is 0 Å². The number of carbonyl (C=O) groups excluding carboxylic acids is 1. The van der Waals surface area contributed by atoms with E-state index in [-0.39, 0.29) is 18.3 Å². The monoisotopic (exact) mass is 530 g/mol. The van der Waals surface area contributed by atoms with Crippen molar-refractivity contribution in [1.82, 2.24) is 5.32 Å². The lowest BCUT2D eigenvalue weighted by molar-refractivity contribution is -0.0524. The number of carbonyl (C=O) groups is 1. The molecule has 1 unspecified atom stereocenters. The van der Waals surface area contributed by atoms with Crippen LogP contribution in [0.1, 0.15) is 48.9 Å². The first-order valence-corrected chi connectivity index (χ1v) is 13.0. The van der Waals surface area contributed by atoms with Crippen LogP contribution in [0.4, 0.5) is 10.1 Å². The van der Waals surface area contributed by atoms with Gasteiger partial charge in [0.15, 0.2) is 0 Å². The molecule has 1 amide bonds. The van der Waals surface area contributed by atoms with Crippen LogP contribution in [0.2, 0.25) is 0 Å². The maximum atomic E-state index is 13.1. The summed E-state index contributed by atoms with van der Waals surface area (Å²) in [6.07, 6.45) is 7.63. The van der Waals surface area contributed by atoms with E-state index in [1.807, 2.05) is 0 Å². The molecular formula is C27H32BrFN2O3. The van der Waals surface area contributed by atoms with Crippen LogP contribution in [0, 0.1) is 29.0 Å². The molecule has 2 aromatic carbocycles. The van der Waals surface area contributed by atoms with Gasteiger partial charge < -0.3 is 20.5 Å². The number of amides is 1. The zero-order chi connectivity index (χ0) is 23.7. The highest BCUT2D eigenvalue weighted by Gasteiger charge is 2.50. The number of ether oxygens (including phenoxy) is 1. The maximum absolute atomic E-state index is 13.1. The number of hydrogen-bond acceptors (Lipinski definition) is 4. The molecule has 0 saturated heterocycles. The van der Waals surface area contributed by atoms with Gasteiger partial charge in [-0.05, 0) is 104 Å². The van der Waals surface area contributed by atoms with Crippen molar-refractivity contribution < 1.29 is 19.0 Å². The van der Waals surface area contributed by atoms with Crippen LogP contribution in [0.3, 0.4) is 0 Å². The molecule has 3 N–H and O–H groups in total. The van der Waals surface area contributed by atoms with E-state index < -0.39 is 6.10 Å². The number of halogens is 2. The van der Waals surface area contributed by atoms with Gasteiger partial charge in [0.25, 0.3) is 5.91 Å². The summed E-state index contributed by atoms with van der Waals surface area (Å²) in [5.41, 5.74) is 1.26. The third-order valence-corrected chi connectivity index (χ3v) is 8.26. The number of nitrogens with one attached hydrogen (secondary N) is 2. The number of aliphatic hydroxyl groups excluding tert-OH is 1. The molecule has 0 heterocycles. The molecule has 0 aromatic heterocycles. The number of rotatable bonds is 9. The summed E-state index contributed by atoms with van der Waals surface area (Å²) < 4.78 is 19.7. The predicted octanol–water partition coefficient (Wildman–Crippen LogP) is 5.39. The molecule has 5 nitrogen and oxygen atoms in total. The minimum Gasteiger partial charge on any atom is -0.490 e. The standard InChI is InChI=1S/C27H32BrFN2O3/c28-20-1-6-25(24(10-20)26(33)31-22-4-2-21(29)3-5-22)34-15-23(32)14-30-16-27-11-17-7-18(12-27)9-19(8-17)13-27/h1-6,10,17-19,23,30,32H,7-9,11-16H2,(H,31,33). The van der Waals surface area contributed by atoms with Gasteiger partial charge in [-0.1, -0.05) is 15.9 Å². The molecule has 0 radical (unpaired) electrons. The Hall–Kier alpha value is -1.96. The van der Waals surface area contributed by atoms with E-state index in [0.717, 1.165) is 28.8 Å². The van der Waals surface area contributed by atoms with Gasteiger partial charge in [-0.25, -0.2) is 4.39 Å². The van der Waals surface area contributed by atoms with Crippen LogP contribution >= 0.6 is 15.9 Å². The molecule has 4 aliphatic carbocycles. The summed E-state index contributed by atoms with van der Waals surface area (Å²) in [5, 5.41) is 16.8. The highest BCUT2D eigenvalue weighted by molar-refractivity contribution is 9.10. The molecule has 0 aliphatic heterocycles. The summed E-state index contributed by atoms with van der Waals surface area (Å²) in [6, 6.07) is 10.8. The molecule has 34 heavy (non-hydrogen) atoms. The molecule has 4 aliphatic rings. The van der Waals surface area contributed by atoms with E-state index >= 15 is 0 Å². The van der Waals surface area contributed by atoms with Gasteiger partial charge in [-0.15, -0.1) is 0 Å². The first-order chi connectivity index (χ1) is 16.4.